The summed E-state index contributed by atoms with van der Waals surface area (Å²) in [6, 6.07) is 8.45. The van der Waals surface area contributed by atoms with Crippen LogP contribution in [0.1, 0.15) is 5.56 Å². The summed E-state index contributed by atoms with van der Waals surface area (Å²) in [4.78, 5) is 24.0. The molecule has 3 N–H and O–H groups in total. The van der Waals surface area contributed by atoms with Gasteiger partial charge in [-0.05, 0) is 31.2 Å². The zero-order valence-electron chi connectivity index (χ0n) is 17.1. The highest BCUT2D eigenvalue weighted by Gasteiger charge is 2.27. The molecule has 0 aliphatic heterocycles. The van der Waals surface area contributed by atoms with Crippen LogP contribution >= 0.6 is 0 Å². The Kier molecular flexibility index (Phi) is 7.04. The third-order valence-corrected chi connectivity index (χ3v) is 5.79. The average Bonchev–Trinajstić information content (AvgIpc) is 2.78. The second-order valence-corrected chi connectivity index (χ2v) is 8.36. The molecule has 0 aliphatic carbocycles. The maximum absolute atomic E-state index is 12.5. The molecule has 0 unspecified atom stereocenters. The maximum atomic E-state index is 12.5. The second kappa shape index (κ2) is 9.92. The number of benzene rings is 1. The minimum Gasteiger partial charge on any atom is -0.367 e. The molecule has 0 saturated carbocycles. The average molecular weight is 474 g/mol. The Balaban J connectivity index is 1.60. The SMILES string of the molecule is Cc1c([N+](=O)[O-])cc(S(=O)(=O)NCCNc2ccc(Nc3cccnc3)nn2)cc1[N+](=O)[O-]. The van der Waals surface area contributed by atoms with Gasteiger partial charge in [0.1, 0.15) is 11.4 Å². The number of rotatable bonds is 10. The van der Waals surface area contributed by atoms with E-state index in [4.69, 9.17) is 0 Å². The minimum atomic E-state index is -4.24. The van der Waals surface area contributed by atoms with E-state index < -0.39 is 36.1 Å². The van der Waals surface area contributed by atoms with Gasteiger partial charge in [0, 0.05) is 31.4 Å². The van der Waals surface area contributed by atoms with Crippen LogP contribution in [-0.2, 0) is 10.0 Å². The molecule has 14 nitrogen and oxygen atoms in total. The van der Waals surface area contributed by atoms with Crippen molar-refractivity contribution in [1.82, 2.24) is 19.9 Å². The van der Waals surface area contributed by atoms with E-state index in [-0.39, 0.29) is 18.7 Å². The summed E-state index contributed by atoms with van der Waals surface area (Å²) in [5.74, 6) is 0.865. The summed E-state index contributed by atoms with van der Waals surface area (Å²) in [6.45, 7) is 1.18. The fourth-order valence-electron chi connectivity index (χ4n) is 2.73. The number of hydrogen-bond acceptors (Lipinski definition) is 11. The standard InChI is InChI=1S/C18H18N8O6S/c1-12-15(25(27)28)9-14(10-16(12)26(29)30)33(31,32)21-8-7-20-17-4-5-18(24-23-17)22-13-3-2-6-19-11-13/h2-6,9-11,21H,7-8H2,1H3,(H,20,23)(H,22,24). The third-order valence-electron chi connectivity index (χ3n) is 4.35. The number of sulfonamides is 1. The fraction of sp³-hybridized carbons (Fsp3) is 0.167. The van der Waals surface area contributed by atoms with E-state index in [1.165, 1.54) is 6.92 Å². The van der Waals surface area contributed by atoms with Gasteiger partial charge in [-0.3, -0.25) is 25.2 Å². The maximum Gasteiger partial charge on any atom is 0.280 e. The number of nitro benzene ring substituents is 2. The van der Waals surface area contributed by atoms with Crippen LogP contribution in [0, 0.1) is 27.2 Å². The number of nitrogens with zero attached hydrogens (tertiary/aromatic N) is 5. The van der Waals surface area contributed by atoms with Gasteiger partial charge in [0.05, 0.1) is 26.6 Å². The van der Waals surface area contributed by atoms with E-state index in [1.807, 2.05) is 6.07 Å². The van der Waals surface area contributed by atoms with Crippen LogP contribution in [0.3, 0.4) is 0 Å². The van der Waals surface area contributed by atoms with Gasteiger partial charge in [-0.15, -0.1) is 10.2 Å². The lowest BCUT2D eigenvalue weighted by molar-refractivity contribution is -0.395. The van der Waals surface area contributed by atoms with Crippen molar-refractivity contribution in [3.8, 4) is 0 Å². The van der Waals surface area contributed by atoms with Crippen LogP contribution in [0.5, 0.6) is 0 Å². The number of aromatic nitrogens is 3. The quantitative estimate of drug-likeness (QED) is 0.221. The molecule has 0 spiro atoms. The molecule has 172 valence electrons. The van der Waals surface area contributed by atoms with E-state index >= 15 is 0 Å². The van der Waals surface area contributed by atoms with Gasteiger partial charge in [-0.2, -0.15) is 0 Å². The Hall–Kier alpha value is -4.24. The molecular weight excluding hydrogens is 456 g/mol. The molecule has 0 amide bonds. The molecule has 0 radical (unpaired) electrons. The van der Waals surface area contributed by atoms with Crippen molar-refractivity contribution in [1.29, 1.82) is 0 Å². The van der Waals surface area contributed by atoms with Gasteiger partial charge >= 0.3 is 0 Å². The van der Waals surface area contributed by atoms with Crippen molar-refractivity contribution in [3.05, 3.63) is 74.6 Å². The Morgan fingerprint density at radius 3 is 2.15 bits per heavy atom. The van der Waals surface area contributed by atoms with Crippen molar-refractivity contribution in [3.63, 3.8) is 0 Å². The minimum absolute atomic E-state index is 0.110. The zero-order valence-corrected chi connectivity index (χ0v) is 17.9. The highest BCUT2D eigenvalue weighted by molar-refractivity contribution is 7.89. The molecule has 2 aromatic heterocycles. The Morgan fingerprint density at radius 1 is 0.970 bits per heavy atom. The summed E-state index contributed by atoms with van der Waals surface area (Å²) in [6.07, 6.45) is 3.26. The Labute approximate surface area is 187 Å². The third kappa shape index (κ3) is 5.92. The Morgan fingerprint density at radius 2 is 1.61 bits per heavy atom. The highest BCUT2D eigenvalue weighted by Crippen LogP contribution is 2.31. The summed E-state index contributed by atoms with van der Waals surface area (Å²) >= 11 is 0. The van der Waals surface area contributed by atoms with Gasteiger partial charge in [-0.25, -0.2) is 13.1 Å². The summed E-state index contributed by atoms with van der Waals surface area (Å²) in [5.41, 5.74) is -0.805. The first kappa shape index (κ1) is 23.4. The van der Waals surface area contributed by atoms with Crippen LogP contribution in [0.4, 0.5) is 28.7 Å². The molecular formula is C18H18N8O6S. The van der Waals surface area contributed by atoms with Gasteiger partial charge in [0.15, 0.2) is 5.82 Å². The molecule has 2 heterocycles. The number of nitro groups is 2. The monoisotopic (exact) mass is 474 g/mol. The van der Waals surface area contributed by atoms with Crippen LogP contribution < -0.4 is 15.4 Å². The van der Waals surface area contributed by atoms with Crippen molar-refractivity contribution in [2.24, 2.45) is 0 Å². The summed E-state index contributed by atoms with van der Waals surface area (Å²) in [7, 11) is -4.24. The van der Waals surface area contributed by atoms with Crippen molar-refractivity contribution < 1.29 is 18.3 Å². The number of anilines is 3. The largest absolute Gasteiger partial charge is 0.367 e. The van der Waals surface area contributed by atoms with E-state index in [9.17, 15) is 28.6 Å². The van der Waals surface area contributed by atoms with E-state index in [0.29, 0.717) is 11.6 Å². The predicted octanol–water partition coefficient (Wildman–Crippen LogP) is 2.13. The van der Waals surface area contributed by atoms with Crippen molar-refractivity contribution in [2.45, 2.75) is 11.8 Å². The topological polar surface area (TPSA) is 195 Å². The zero-order chi connectivity index (χ0) is 24.0. The first-order chi connectivity index (χ1) is 15.7. The molecule has 33 heavy (non-hydrogen) atoms. The molecule has 3 rings (SSSR count). The summed E-state index contributed by atoms with van der Waals surface area (Å²) in [5, 5.41) is 36.2. The van der Waals surface area contributed by atoms with Crippen molar-refractivity contribution in [2.75, 3.05) is 23.7 Å². The van der Waals surface area contributed by atoms with Gasteiger partial charge in [0.2, 0.25) is 10.0 Å². The number of nitrogens with one attached hydrogen (secondary N) is 3. The molecule has 3 aromatic rings. The smallest absolute Gasteiger partial charge is 0.280 e. The molecule has 0 aliphatic rings. The van der Waals surface area contributed by atoms with Crippen LogP contribution in [0.25, 0.3) is 0 Å². The van der Waals surface area contributed by atoms with Crippen molar-refractivity contribution >= 4 is 38.7 Å². The van der Waals surface area contributed by atoms with Crippen LogP contribution in [0.15, 0.2) is 53.7 Å². The Bertz CT molecular complexity index is 1230. The normalized spacial score (nSPS) is 11.1. The predicted molar refractivity (Wildman–Crippen MR) is 118 cm³/mol. The molecule has 0 bridgehead atoms. The summed E-state index contributed by atoms with van der Waals surface area (Å²) < 4.78 is 27.2. The number of hydrogen-bond donors (Lipinski definition) is 3. The van der Waals surface area contributed by atoms with Gasteiger partial charge in [0.25, 0.3) is 11.4 Å². The van der Waals surface area contributed by atoms with E-state index in [0.717, 1.165) is 17.8 Å². The molecule has 1 aromatic carbocycles. The highest BCUT2D eigenvalue weighted by atomic mass is 32.2. The fourth-order valence-corrected chi connectivity index (χ4v) is 3.80. The number of pyridine rings is 1. The molecule has 0 fully saturated rings. The van der Waals surface area contributed by atoms with Gasteiger partial charge in [-0.1, -0.05) is 0 Å². The lowest BCUT2D eigenvalue weighted by Gasteiger charge is -2.09. The lowest BCUT2D eigenvalue weighted by atomic mass is 10.1. The lowest BCUT2D eigenvalue weighted by Crippen LogP contribution is -2.29. The van der Waals surface area contributed by atoms with Gasteiger partial charge < -0.3 is 10.6 Å². The first-order valence-electron chi connectivity index (χ1n) is 9.35. The van der Waals surface area contributed by atoms with E-state index in [2.05, 4.69) is 30.5 Å². The molecule has 15 heteroatoms. The molecule has 0 atom stereocenters. The second-order valence-electron chi connectivity index (χ2n) is 6.60. The van der Waals surface area contributed by atoms with Crippen LogP contribution in [-0.4, -0.2) is 46.5 Å². The first-order valence-corrected chi connectivity index (χ1v) is 10.8. The molecule has 0 saturated heterocycles. The van der Waals surface area contributed by atoms with Crippen LogP contribution in [0.2, 0.25) is 0 Å². The van der Waals surface area contributed by atoms with E-state index in [1.54, 1.807) is 30.6 Å².